The summed E-state index contributed by atoms with van der Waals surface area (Å²) in [6.45, 7) is 6.58. The predicted molar refractivity (Wildman–Crippen MR) is 88.2 cm³/mol. The van der Waals surface area contributed by atoms with Gasteiger partial charge in [-0.05, 0) is 25.3 Å². The highest BCUT2D eigenvalue weighted by Crippen LogP contribution is 2.17. The van der Waals surface area contributed by atoms with E-state index in [1.165, 1.54) is 5.56 Å². The summed E-state index contributed by atoms with van der Waals surface area (Å²) >= 11 is 0. The first-order valence-electron chi connectivity index (χ1n) is 8.19. The Morgan fingerprint density at radius 2 is 2.17 bits per heavy atom. The molecule has 1 aliphatic heterocycles. The van der Waals surface area contributed by atoms with E-state index in [0.717, 1.165) is 31.7 Å². The molecule has 1 aromatic heterocycles. The van der Waals surface area contributed by atoms with Crippen molar-refractivity contribution in [3.8, 4) is 0 Å². The first kappa shape index (κ1) is 15.7. The molecular formula is C18H23N3O2. The quantitative estimate of drug-likeness (QED) is 0.921. The third-order valence-electron chi connectivity index (χ3n) is 4.35. The molecule has 1 saturated heterocycles. The number of carbonyl (C=O) groups is 1. The van der Waals surface area contributed by atoms with Crippen LogP contribution in [0.2, 0.25) is 0 Å². The zero-order valence-corrected chi connectivity index (χ0v) is 13.7. The molecule has 2 heterocycles. The fourth-order valence-corrected chi connectivity index (χ4v) is 3.14. The fraction of sp³-hybridized carbons (Fsp3) is 0.444. The van der Waals surface area contributed by atoms with Crippen molar-refractivity contribution in [3.63, 3.8) is 0 Å². The topological polar surface area (TPSA) is 58.4 Å². The Morgan fingerprint density at radius 1 is 1.39 bits per heavy atom. The van der Waals surface area contributed by atoms with Gasteiger partial charge in [0.2, 0.25) is 0 Å². The Labute approximate surface area is 136 Å². The van der Waals surface area contributed by atoms with Gasteiger partial charge in [-0.2, -0.15) is 0 Å². The molecule has 1 aromatic carbocycles. The fourth-order valence-electron chi connectivity index (χ4n) is 3.14. The summed E-state index contributed by atoms with van der Waals surface area (Å²) in [4.78, 5) is 14.9. The van der Waals surface area contributed by atoms with Crippen LogP contribution >= 0.6 is 0 Å². The summed E-state index contributed by atoms with van der Waals surface area (Å²) in [5.74, 6) is 0.533. The molecule has 23 heavy (non-hydrogen) atoms. The molecule has 1 amide bonds. The number of rotatable bonds is 5. The van der Waals surface area contributed by atoms with Crippen molar-refractivity contribution in [2.24, 2.45) is 0 Å². The summed E-state index contributed by atoms with van der Waals surface area (Å²) in [5.41, 5.74) is 2.65. The van der Waals surface area contributed by atoms with Gasteiger partial charge in [0.15, 0.2) is 0 Å². The number of nitrogens with zero attached hydrogens (tertiary/aromatic N) is 2. The van der Waals surface area contributed by atoms with Crippen molar-refractivity contribution in [2.45, 2.75) is 39.3 Å². The van der Waals surface area contributed by atoms with Crippen LogP contribution in [0.4, 0.5) is 0 Å². The zero-order valence-electron chi connectivity index (χ0n) is 13.7. The summed E-state index contributed by atoms with van der Waals surface area (Å²) in [6, 6.07) is 10.6. The average Bonchev–Trinajstić information content (AvgIpc) is 3.14. The minimum absolute atomic E-state index is 0.0628. The van der Waals surface area contributed by atoms with Gasteiger partial charge < -0.3 is 9.84 Å². The molecule has 5 nitrogen and oxygen atoms in total. The van der Waals surface area contributed by atoms with E-state index >= 15 is 0 Å². The minimum atomic E-state index is -0.0628. The Kier molecular flexibility index (Phi) is 4.76. The van der Waals surface area contributed by atoms with Gasteiger partial charge in [0.1, 0.15) is 11.3 Å². The molecular weight excluding hydrogens is 290 g/mol. The number of amides is 1. The lowest BCUT2D eigenvalue weighted by molar-refractivity contribution is 0.0935. The van der Waals surface area contributed by atoms with Gasteiger partial charge in [0, 0.05) is 25.7 Å². The largest absolute Gasteiger partial charge is 0.361 e. The van der Waals surface area contributed by atoms with E-state index in [1.807, 2.05) is 13.0 Å². The lowest BCUT2D eigenvalue weighted by Gasteiger charge is -2.16. The third-order valence-corrected chi connectivity index (χ3v) is 4.35. The third kappa shape index (κ3) is 3.62. The van der Waals surface area contributed by atoms with Crippen LogP contribution in [0.25, 0.3) is 0 Å². The van der Waals surface area contributed by atoms with Crippen molar-refractivity contribution in [3.05, 3.63) is 52.9 Å². The Morgan fingerprint density at radius 3 is 2.91 bits per heavy atom. The van der Waals surface area contributed by atoms with Crippen LogP contribution in [-0.4, -0.2) is 35.1 Å². The van der Waals surface area contributed by atoms with Crippen LogP contribution < -0.4 is 5.32 Å². The van der Waals surface area contributed by atoms with Crippen molar-refractivity contribution in [1.29, 1.82) is 0 Å². The van der Waals surface area contributed by atoms with E-state index in [9.17, 15) is 4.79 Å². The average molecular weight is 313 g/mol. The molecule has 3 rings (SSSR count). The van der Waals surface area contributed by atoms with Crippen molar-refractivity contribution in [2.75, 3.05) is 13.1 Å². The van der Waals surface area contributed by atoms with Crippen LogP contribution in [-0.2, 0) is 13.0 Å². The standard InChI is InChI=1S/C18H23N3O2/c1-3-16-17(13(2)23-20-16)18(22)19-15-9-10-21(12-15)11-14-7-5-4-6-8-14/h4-8,15H,3,9-12H2,1-2H3,(H,19,22)/t15-/m0/s1. The van der Waals surface area contributed by atoms with E-state index in [4.69, 9.17) is 4.52 Å². The second-order valence-electron chi connectivity index (χ2n) is 6.09. The van der Waals surface area contributed by atoms with Gasteiger partial charge in [-0.1, -0.05) is 42.4 Å². The van der Waals surface area contributed by atoms with Gasteiger partial charge in [0.25, 0.3) is 5.91 Å². The molecule has 0 radical (unpaired) electrons. The lowest BCUT2D eigenvalue weighted by atomic mass is 10.1. The predicted octanol–water partition coefficient (Wildman–Crippen LogP) is 2.55. The summed E-state index contributed by atoms with van der Waals surface area (Å²) in [7, 11) is 0. The second-order valence-corrected chi connectivity index (χ2v) is 6.09. The molecule has 0 unspecified atom stereocenters. The van der Waals surface area contributed by atoms with Crippen LogP contribution in [0.15, 0.2) is 34.9 Å². The number of aromatic nitrogens is 1. The van der Waals surface area contributed by atoms with Gasteiger partial charge in [-0.25, -0.2) is 0 Å². The maximum atomic E-state index is 12.5. The highest BCUT2D eigenvalue weighted by atomic mass is 16.5. The highest BCUT2D eigenvalue weighted by molar-refractivity contribution is 5.96. The molecule has 1 aliphatic rings. The monoisotopic (exact) mass is 313 g/mol. The first-order chi connectivity index (χ1) is 11.2. The molecule has 0 saturated carbocycles. The molecule has 1 fully saturated rings. The second kappa shape index (κ2) is 6.96. The summed E-state index contributed by atoms with van der Waals surface area (Å²) in [5, 5.41) is 7.09. The molecule has 0 bridgehead atoms. The van der Waals surface area contributed by atoms with E-state index in [1.54, 1.807) is 6.92 Å². The molecule has 2 aromatic rings. The Bertz CT molecular complexity index is 666. The van der Waals surface area contributed by atoms with Crippen molar-refractivity contribution < 1.29 is 9.32 Å². The van der Waals surface area contributed by atoms with Gasteiger partial charge in [-0.15, -0.1) is 0 Å². The number of carbonyl (C=O) groups excluding carboxylic acids is 1. The number of likely N-dealkylation sites (tertiary alicyclic amines) is 1. The number of hydrogen-bond donors (Lipinski definition) is 1. The van der Waals surface area contributed by atoms with E-state index < -0.39 is 0 Å². The lowest BCUT2D eigenvalue weighted by Crippen LogP contribution is -2.37. The van der Waals surface area contributed by atoms with Crippen molar-refractivity contribution in [1.82, 2.24) is 15.4 Å². The molecule has 0 spiro atoms. The number of hydrogen-bond acceptors (Lipinski definition) is 4. The SMILES string of the molecule is CCc1noc(C)c1C(=O)N[C@H]1CCN(Cc2ccccc2)C1. The minimum Gasteiger partial charge on any atom is -0.361 e. The molecule has 1 atom stereocenters. The van der Waals surface area contributed by atoms with E-state index in [2.05, 4.69) is 39.6 Å². The number of nitrogens with one attached hydrogen (secondary N) is 1. The van der Waals surface area contributed by atoms with Gasteiger partial charge in [0.05, 0.1) is 5.69 Å². The van der Waals surface area contributed by atoms with E-state index in [-0.39, 0.29) is 11.9 Å². The van der Waals surface area contributed by atoms with Gasteiger partial charge in [-0.3, -0.25) is 9.69 Å². The molecule has 5 heteroatoms. The normalized spacial score (nSPS) is 18.3. The molecule has 0 aliphatic carbocycles. The maximum absolute atomic E-state index is 12.5. The smallest absolute Gasteiger partial charge is 0.257 e. The highest BCUT2D eigenvalue weighted by Gasteiger charge is 2.26. The summed E-state index contributed by atoms with van der Waals surface area (Å²) in [6.07, 6.45) is 1.68. The molecule has 122 valence electrons. The maximum Gasteiger partial charge on any atom is 0.257 e. The zero-order chi connectivity index (χ0) is 16.2. The van der Waals surface area contributed by atoms with Crippen LogP contribution in [0, 0.1) is 6.92 Å². The van der Waals surface area contributed by atoms with Crippen LogP contribution in [0.5, 0.6) is 0 Å². The number of benzene rings is 1. The Balaban J connectivity index is 1.57. The van der Waals surface area contributed by atoms with Crippen LogP contribution in [0.3, 0.4) is 0 Å². The van der Waals surface area contributed by atoms with Gasteiger partial charge >= 0.3 is 0 Å². The Hall–Kier alpha value is -2.14. The van der Waals surface area contributed by atoms with E-state index in [0.29, 0.717) is 17.7 Å². The number of aryl methyl sites for hydroxylation is 2. The van der Waals surface area contributed by atoms with Crippen molar-refractivity contribution >= 4 is 5.91 Å². The molecule has 1 N–H and O–H groups in total. The summed E-state index contributed by atoms with van der Waals surface area (Å²) < 4.78 is 5.15. The van der Waals surface area contributed by atoms with Crippen LogP contribution in [0.1, 0.15) is 40.7 Å². The first-order valence-corrected chi connectivity index (χ1v) is 8.19.